The third kappa shape index (κ3) is 7.76. The zero-order valence-corrected chi connectivity index (χ0v) is 38.6. The first-order valence-electron chi connectivity index (χ1n) is 24.2. The Morgan fingerprint density at radius 3 is 1.15 bits per heavy atom. The van der Waals surface area contributed by atoms with Gasteiger partial charge in [0.15, 0.2) is 0 Å². The first-order valence-corrected chi connectivity index (χ1v) is 24.2. The van der Waals surface area contributed by atoms with E-state index >= 15 is 0 Å². The van der Waals surface area contributed by atoms with E-state index in [4.69, 9.17) is 28.4 Å². The minimum atomic E-state index is -0.839. The molecule has 0 radical (unpaired) electrons. The first kappa shape index (κ1) is 42.7. The van der Waals surface area contributed by atoms with Crippen molar-refractivity contribution in [3.63, 3.8) is 0 Å². The van der Waals surface area contributed by atoms with E-state index in [0.29, 0.717) is 36.5 Å². The minimum absolute atomic E-state index is 0.0959. The molecule has 2 heterocycles. The summed E-state index contributed by atoms with van der Waals surface area (Å²) in [5.41, 5.74) is 9.60. The van der Waals surface area contributed by atoms with Crippen LogP contribution in [0.4, 0.5) is 0 Å². The maximum Gasteiger partial charge on any atom is 0.122 e. The van der Waals surface area contributed by atoms with Gasteiger partial charge in [-0.2, -0.15) is 0 Å². The smallest absolute Gasteiger partial charge is 0.122 e. The standard InChI is InChI=1S/C61H56O7/c1-39-31-60(45-17-25-50(26-18-45)65-35-52-37-67-52,58-54(39)29-11-41-7-3-5-9-56(41)58)43-13-21-48(22-14-43)63-33-47(62)34-64-49-23-15-44(16-24-49)61(46-19-27-51(28-20-46)66-36-53-38-68-53)32-40(2)55-30-12-42-8-4-6-10-57(42)59(55)61/h3-30,39-40,47,52-53,62H,31-38H2,1-2H3. The molecule has 12 rings (SSSR count). The number of rotatable bonds is 16. The Morgan fingerprint density at radius 1 is 0.456 bits per heavy atom. The molecule has 0 aromatic heterocycles. The lowest BCUT2D eigenvalue weighted by molar-refractivity contribution is 0.0626. The average Bonchev–Trinajstić information content (AvgIpc) is 4.34. The van der Waals surface area contributed by atoms with Crippen molar-refractivity contribution >= 4 is 21.5 Å². The molecule has 0 spiro atoms. The number of epoxide rings is 2. The SMILES string of the molecule is CC1CC(c2ccc(OCC(O)COc3ccc(C4(c5ccc(OCC6CO6)cc5)CC(C)c5ccc6ccccc6c54)cc3)cc2)(c2ccc(OCC3CO3)cc2)c2c1ccc1ccccc21. The van der Waals surface area contributed by atoms with Gasteiger partial charge in [0.1, 0.15) is 67.7 Å². The van der Waals surface area contributed by atoms with Gasteiger partial charge in [-0.3, -0.25) is 0 Å². The number of ether oxygens (including phenoxy) is 6. The van der Waals surface area contributed by atoms with Crippen molar-refractivity contribution in [3.05, 3.63) is 214 Å². The van der Waals surface area contributed by atoms with Crippen LogP contribution in [0.1, 0.15) is 83.0 Å². The molecule has 2 aliphatic heterocycles. The fourth-order valence-electron chi connectivity index (χ4n) is 11.6. The van der Waals surface area contributed by atoms with Crippen LogP contribution in [0.25, 0.3) is 21.5 Å². The van der Waals surface area contributed by atoms with E-state index in [2.05, 4.69) is 159 Å². The van der Waals surface area contributed by atoms with Crippen LogP contribution >= 0.6 is 0 Å². The van der Waals surface area contributed by atoms with Crippen LogP contribution in [-0.4, -0.2) is 63.1 Å². The van der Waals surface area contributed by atoms with E-state index in [0.717, 1.165) is 37.6 Å². The number of fused-ring (bicyclic) bond motifs is 6. The molecule has 2 aliphatic carbocycles. The van der Waals surface area contributed by atoms with Crippen LogP contribution < -0.4 is 18.9 Å². The summed E-state index contributed by atoms with van der Waals surface area (Å²) in [5.74, 6) is 3.81. The van der Waals surface area contributed by atoms with Crippen molar-refractivity contribution in [2.24, 2.45) is 0 Å². The van der Waals surface area contributed by atoms with Crippen molar-refractivity contribution in [2.45, 2.75) is 67.7 Å². The van der Waals surface area contributed by atoms with E-state index in [1.54, 1.807) is 0 Å². The van der Waals surface area contributed by atoms with Gasteiger partial charge in [-0.15, -0.1) is 0 Å². The molecule has 8 aromatic carbocycles. The highest BCUT2D eigenvalue weighted by Crippen LogP contribution is 2.58. The highest BCUT2D eigenvalue weighted by Gasteiger charge is 2.47. The lowest BCUT2D eigenvalue weighted by Gasteiger charge is -2.34. The van der Waals surface area contributed by atoms with E-state index in [1.165, 1.54) is 66.1 Å². The second-order valence-electron chi connectivity index (χ2n) is 19.4. The summed E-state index contributed by atoms with van der Waals surface area (Å²) in [4.78, 5) is 0. The van der Waals surface area contributed by atoms with Gasteiger partial charge in [0.25, 0.3) is 0 Å². The predicted octanol–water partition coefficient (Wildman–Crippen LogP) is 12.1. The zero-order chi connectivity index (χ0) is 45.8. The van der Waals surface area contributed by atoms with Crippen molar-refractivity contribution in [2.75, 3.05) is 39.6 Å². The molecule has 8 aromatic rings. The number of benzene rings is 8. The second kappa shape index (κ2) is 17.5. The van der Waals surface area contributed by atoms with Crippen LogP contribution in [0.2, 0.25) is 0 Å². The molecule has 0 bridgehead atoms. The van der Waals surface area contributed by atoms with E-state index in [9.17, 15) is 5.11 Å². The van der Waals surface area contributed by atoms with Crippen LogP contribution in [0, 0.1) is 0 Å². The molecule has 2 fully saturated rings. The summed E-state index contributed by atoms with van der Waals surface area (Å²) in [6.45, 7) is 7.56. The third-order valence-corrected chi connectivity index (χ3v) is 15.0. The van der Waals surface area contributed by atoms with Crippen LogP contribution in [-0.2, 0) is 20.3 Å². The number of hydrogen-bond acceptors (Lipinski definition) is 7. The Balaban J connectivity index is 0.763. The fraction of sp³-hybridized carbons (Fsp3) is 0.279. The summed E-state index contributed by atoms with van der Waals surface area (Å²) >= 11 is 0. The second-order valence-corrected chi connectivity index (χ2v) is 19.4. The number of aliphatic hydroxyl groups is 1. The molecular formula is C61H56O7. The molecule has 6 atom stereocenters. The zero-order valence-electron chi connectivity index (χ0n) is 38.6. The molecule has 6 unspecified atom stereocenters. The van der Waals surface area contributed by atoms with Gasteiger partial charge >= 0.3 is 0 Å². The average molecular weight is 901 g/mol. The van der Waals surface area contributed by atoms with Crippen molar-refractivity contribution in [1.29, 1.82) is 0 Å². The topological polar surface area (TPSA) is 82.2 Å². The molecule has 0 amide bonds. The molecule has 68 heavy (non-hydrogen) atoms. The quantitative estimate of drug-likeness (QED) is 0.0967. The molecule has 4 aliphatic rings. The molecule has 7 nitrogen and oxygen atoms in total. The largest absolute Gasteiger partial charge is 0.491 e. The summed E-state index contributed by atoms with van der Waals surface area (Å²) in [5, 5.41) is 16.2. The summed E-state index contributed by atoms with van der Waals surface area (Å²) in [6.07, 6.45) is 1.44. The first-order chi connectivity index (χ1) is 33.4. The Hall–Kier alpha value is -6.64. The fourth-order valence-corrected chi connectivity index (χ4v) is 11.6. The van der Waals surface area contributed by atoms with E-state index < -0.39 is 6.10 Å². The van der Waals surface area contributed by atoms with Gasteiger partial charge in [0.05, 0.1) is 13.2 Å². The monoisotopic (exact) mass is 900 g/mol. The van der Waals surface area contributed by atoms with Crippen molar-refractivity contribution in [3.8, 4) is 23.0 Å². The highest BCUT2D eigenvalue weighted by molar-refractivity contribution is 5.91. The van der Waals surface area contributed by atoms with Gasteiger partial charge in [0, 0.05) is 10.8 Å². The molecule has 2 saturated heterocycles. The molecule has 0 saturated carbocycles. The minimum Gasteiger partial charge on any atom is -0.491 e. The maximum atomic E-state index is 11.2. The maximum absolute atomic E-state index is 11.2. The Morgan fingerprint density at radius 2 is 0.794 bits per heavy atom. The Labute approximate surface area is 398 Å². The van der Waals surface area contributed by atoms with Gasteiger partial charge in [0.2, 0.25) is 0 Å². The summed E-state index contributed by atoms with van der Waals surface area (Å²) in [6, 6.07) is 60.9. The molecule has 1 N–H and O–H groups in total. The lowest BCUT2D eigenvalue weighted by atomic mass is 9.69. The number of hydrogen-bond donors (Lipinski definition) is 1. The van der Waals surface area contributed by atoms with Gasteiger partial charge < -0.3 is 33.5 Å². The van der Waals surface area contributed by atoms with Gasteiger partial charge in [-0.1, -0.05) is 135 Å². The number of aliphatic hydroxyl groups excluding tert-OH is 1. The van der Waals surface area contributed by atoms with E-state index in [1.807, 2.05) is 24.3 Å². The molecule has 342 valence electrons. The Bertz CT molecular complexity index is 2870. The Kier molecular flexibility index (Phi) is 11.0. The third-order valence-electron chi connectivity index (χ3n) is 15.0. The van der Waals surface area contributed by atoms with Crippen LogP contribution in [0.5, 0.6) is 23.0 Å². The van der Waals surface area contributed by atoms with Crippen LogP contribution in [0.15, 0.2) is 170 Å². The van der Waals surface area contributed by atoms with Gasteiger partial charge in [-0.05, 0) is 139 Å². The molecular weight excluding hydrogens is 845 g/mol. The van der Waals surface area contributed by atoms with Gasteiger partial charge in [-0.25, -0.2) is 0 Å². The van der Waals surface area contributed by atoms with E-state index in [-0.39, 0.29) is 36.3 Å². The predicted molar refractivity (Wildman–Crippen MR) is 267 cm³/mol. The summed E-state index contributed by atoms with van der Waals surface area (Å²) < 4.78 is 35.3. The van der Waals surface area contributed by atoms with Crippen molar-refractivity contribution in [1.82, 2.24) is 0 Å². The van der Waals surface area contributed by atoms with Crippen LogP contribution in [0.3, 0.4) is 0 Å². The normalized spacial score (nSPS) is 23.8. The summed E-state index contributed by atoms with van der Waals surface area (Å²) in [7, 11) is 0. The highest BCUT2D eigenvalue weighted by atomic mass is 16.6. The lowest BCUT2D eigenvalue weighted by Crippen LogP contribution is -2.27. The molecule has 7 heteroatoms. The van der Waals surface area contributed by atoms with Crippen molar-refractivity contribution < 1.29 is 33.5 Å².